The van der Waals surface area contributed by atoms with Crippen LogP contribution in [0.1, 0.15) is 16.1 Å². The number of rotatable bonds is 7. The number of carbonyl (C=O) groups is 2. The summed E-state index contributed by atoms with van der Waals surface area (Å²) in [5.41, 5.74) is 0.199. The fraction of sp³-hybridized carbons (Fsp3) is 0.200. The summed E-state index contributed by atoms with van der Waals surface area (Å²) in [6, 6.07) is 6.96. The number of ether oxygens (including phenoxy) is 2. The third-order valence-electron chi connectivity index (χ3n) is 3.00. The van der Waals surface area contributed by atoms with Crippen LogP contribution in [0.3, 0.4) is 0 Å². The number of nitrogens with zero attached hydrogens (tertiary/aromatic N) is 1. The molecule has 1 heterocycles. The molecule has 0 aliphatic rings. The number of nitro groups is 1. The van der Waals surface area contributed by atoms with E-state index in [0.717, 1.165) is 0 Å². The van der Waals surface area contributed by atoms with E-state index in [9.17, 15) is 19.7 Å². The van der Waals surface area contributed by atoms with Crippen LogP contribution in [-0.4, -0.2) is 30.5 Å². The lowest BCUT2D eigenvalue weighted by molar-refractivity contribution is -0.385. The van der Waals surface area contributed by atoms with Crippen molar-refractivity contribution in [1.82, 2.24) is 5.32 Å². The van der Waals surface area contributed by atoms with Gasteiger partial charge in [0.1, 0.15) is 18.9 Å². The van der Waals surface area contributed by atoms with Crippen LogP contribution >= 0.6 is 0 Å². The molecule has 2 aromatic rings. The number of nitrogens with one attached hydrogen (secondary N) is 1. The molecule has 9 nitrogen and oxygen atoms in total. The SMILES string of the molecule is COc1ccc([N+](=O)[O-])cc1COC(=O)CNC(=O)c1ccco1. The Kier molecular flexibility index (Phi) is 5.50. The highest BCUT2D eigenvalue weighted by molar-refractivity contribution is 5.93. The van der Waals surface area contributed by atoms with Gasteiger partial charge in [-0.1, -0.05) is 0 Å². The molecule has 0 spiro atoms. The van der Waals surface area contributed by atoms with Gasteiger partial charge in [0.2, 0.25) is 0 Å². The Balaban J connectivity index is 1.90. The van der Waals surface area contributed by atoms with Crippen molar-refractivity contribution >= 4 is 17.6 Å². The molecule has 1 N–H and O–H groups in total. The first-order chi connectivity index (χ1) is 11.5. The van der Waals surface area contributed by atoms with Crippen molar-refractivity contribution in [3.8, 4) is 5.75 Å². The predicted molar refractivity (Wildman–Crippen MR) is 80.5 cm³/mol. The Labute approximate surface area is 136 Å². The lowest BCUT2D eigenvalue weighted by Crippen LogP contribution is -2.30. The van der Waals surface area contributed by atoms with E-state index in [1.165, 1.54) is 37.6 Å². The van der Waals surface area contributed by atoms with Crippen LogP contribution in [0.25, 0.3) is 0 Å². The molecule has 0 aliphatic heterocycles. The number of esters is 1. The predicted octanol–water partition coefficient (Wildman–Crippen LogP) is 1.67. The molecule has 1 aromatic heterocycles. The molecule has 0 saturated carbocycles. The van der Waals surface area contributed by atoms with Gasteiger partial charge < -0.3 is 19.2 Å². The zero-order valence-corrected chi connectivity index (χ0v) is 12.7. The molecule has 2 rings (SSSR count). The second-order valence-corrected chi connectivity index (χ2v) is 4.57. The number of furan rings is 1. The lowest BCUT2D eigenvalue weighted by atomic mass is 10.2. The minimum Gasteiger partial charge on any atom is -0.496 e. The van der Waals surface area contributed by atoms with E-state index < -0.39 is 16.8 Å². The van der Waals surface area contributed by atoms with Gasteiger partial charge in [-0.05, 0) is 18.2 Å². The summed E-state index contributed by atoms with van der Waals surface area (Å²) >= 11 is 0. The molecular formula is C15H14N2O7. The van der Waals surface area contributed by atoms with Crippen molar-refractivity contribution in [1.29, 1.82) is 0 Å². The topological polar surface area (TPSA) is 121 Å². The maximum Gasteiger partial charge on any atom is 0.325 e. The van der Waals surface area contributed by atoms with Crippen LogP contribution in [0.5, 0.6) is 5.75 Å². The highest BCUT2D eigenvalue weighted by Crippen LogP contribution is 2.24. The summed E-state index contributed by atoms with van der Waals surface area (Å²) in [5, 5.41) is 13.1. The van der Waals surface area contributed by atoms with E-state index in [4.69, 9.17) is 13.9 Å². The monoisotopic (exact) mass is 334 g/mol. The Morgan fingerprint density at radius 1 is 1.33 bits per heavy atom. The summed E-state index contributed by atoms with van der Waals surface area (Å²) in [4.78, 5) is 33.5. The minimum atomic E-state index is -0.705. The number of methoxy groups -OCH3 is 1. The third-order valence-corrected chi connectivity index (χ3v) is 3.00. The molecule has 0 radical (unpaired) electrons. The number of hydrogen-bond donors (Lipinski definition) is 1. The molecule has 0 fully saturated rings. The van der Waals surface area contributed by atoms with Gasteiger partial charge in [0.05, 0.1) is 18.3 Å². The van der Waals surface area contributed by atoms with Gasteiger partial charge in [0.25, 0.3) is 11.6 Å². The largest absolute Gasteiger partial charge is 0.496 e. The van der Waals surface area contributed by atoms with Gasteiger partial charge in [-0.15, -0.1) is 0 Å². The van der Waals surface area contributed by atoms with Crippen molar-refractivity contribution in [2.45, 2.75) is 6.61 Å². The Morgan fingerprint density at radius 2 is 2.12 bits per heavy atom. The second kappa shape index (κ2) is 7.77. The summed E-state index contributed by atoms with van der Waals surface area (Å²) in [7, 11) is 1.40. The Morgan fingerprint density at radius 3 is 2.75 bits per heavy atom. The van der Waals surface area contributed by atoms with Crippen LogP contribution in [-0.2, 0) is 16.1 Å². The van der Waals surface area contributed by atoms with Gasteiger partial charge in [-0.25, -0.2) is 0 Å². The van der Waals surface area contributed by atoms with Crippen LogP contribution < -0.4 is 10.1 Å². The van der Waals surface area contributed by atoms with Crippen molar-refractivity contribution in [2.75, 3.05) is 13.7 Å². The van der Waals surface area contributed by atoms with Gasteiger partial charge in [0.15, 0.2) is 5.76 Å². The summed E-state index contributed by atoms with van der Waals surface area (Å²) in [5.74, 6) is -0.829. The van der Waals surface area contributed by atoms with E-state index in [1.807, 2.05) is 0 Å². The molecule has 0 saturated heterocycles. The average molecular weight is 334 g/mol. The van der Waals surface area contributed by atoms with Crippen LogP contribution in [0, 0.1) is 10.1 Å². The van der Waals surface area contributed by atoms with Crippen molar-refractivity contribution in [2.24, 2.45) is 0 Å². The molecule has 0 aliphatic carbocycles. The first-order valence-corrected chi connectivity index (χ1v) is 6.80. The standard InChI is InChI=1S/C15H14N2O7/c1-22-12-5-4-11(17(20)21)7-10(12)9-24-14(18)8-16-15(19)13-3-2-6-23-13/h2-7H,8-9H2,1H3,(H,16,19). The molecule has 1 aromatic carbocycles. The number of nitro benzene ring substituents is 1. The van der Waals surface area contributed by atoms with Crippen LogP contribution in [0.2, 0.25) is 0 Å². The summed E-state index contributed by atoms with van der Waals surface area (Å²) in [6.45, 7) is -0.586. The third kappa shape index (κ3) is 4.32. The fourth-order valence-corrected chi connectivity index (χ4v) is 1.85. The van der Waals surface area contributed by atoms with Crippen molar-refractivity contribution in [3.63, 3.8) is 0 Å². The van der Waals surface area contributed by atoms with Gasteiger partial charge in [-0.2, -0.15) is 0 Å². The van der Waals surface area contributed by atoms with Crippen LogP contribution in [0.4, 0.5) is 5.69 Å². The Bertz CT molecular complexity index is 740. The maximum absolute atomic E-state index is 11.7. The maximum atomic E-state index is 11.7. The number of non-ortho nitro benzene ring substituents is 1. The van der Waals surface area contributed by atoms with Crippen molar-refractivity contribution < 1.29 is 28.4 Å². The molecular weight excluding hydrogens is 320 g/mol. The normalized spacial score (nSPS) is 10.0. The molecule has 24 heavy (non-hydrogen) atoms. The number of hydrogen-bond acceptors (Lipinski definition) is 7. The summed E-state index contributed by atoms with van der Waals surface area (Å²) in [6.07, 6.45) is 1.34. The smallest absolute Gasteiger partial charge is 0.325 e. The van der Waals surface area contributed by atoms with E-state index in [1.54, 1.807) is 6.07 Å². The van der Waals surface area contributed by atoms with Gasteiger partial charge in [-0.3, -0.25) is 19.7 Å². The molecule has 126 valence electrons. The van der Waals surface area contributed by atoms with Gasteiger partial charge >= 0.3 is 5.97 Å². The zero-order chi connectivity index (χ0) is 17.5. The minimum absolute atomic E-state index is 0.0724. The van der Waals surface area contributed by atoms with Crippen LogP contribution in [0.15, 0.2) is 41.0 Å². The van der Waals surface area contributed by atoms with Gasteiger partial charge in [0, 0.05) is 17.7 Å². The summed E-state index contributed by atoms with van der Waals surface area (Å²) < 4.78 is 14.9. The zero-order valence-electron chi connectivity index (χ0n) is 12.7. The highest BCUT2D eigenvalue weighted by Gasteiger charge is 2.14. The average Bonchev–Trinajstić information content (AvgIpc) is 3.12. The quantitative estimate of drug-likeness (QED) is 0.464. The molecule has 0 atom stereocenters. The first-order valence-electron chi connectivity index (χ1n) is 6.80. The molecule has 9 heteroatoms. The molecule has 0 unspecified atom stereocenters. The molecule has 1 amide bonds. The highest BCUT2D eigenvalue weighted by atomic mass is 16.6. The lowest BCUT2D eigenvalue weighted by Gasteiger charge is -2.09. The Hall–Kier alpha value is -3.36. The number of amides is 1. The first kappa shape index (κ1) is 17.0. The number of carbonyl (C=O) groups excluding carboxylic acids is 2. The van der Waals surface area contributed by atoms with E-state index in [-0.39, 0.29) is 24.6 Å². The molecule has 0 bridgehead atoms. The van der Waals surface area contributed by atoms with E-state index >= 15 is 0 Å². The van der Waals surface area contributed by atoms with Crippen molar-refractivity contribution in [3.05, 3.63) is 58.0 Å². The van der Waals surface area contributed by atoms with E-state index in [2.05, 4.69) is 5.32 Å². The second-order valence-electron chi connectivity index (χ2n) is 4.57. The van der Waals surface area contributed by atoms with E-state index in [0.29, 0.717) is 11.3 Å². The number of benzene rings is 1. The fourth-order valence-electron chi connectivity index (χ4n) is 1.85.